The third kappa shape index (κ3) is 3.12. The van der Waals surface area contributed by atoms with Gasteiger partial charge in [-0.3, -0.25) is 4.79 Å². The van der Waals surface area contributed by atoms with Crippen molar-refractivity contribution in [3.63, 3.8) is 0 Å². The molecule has 2 aliphatic rings. The van der Waals surface area contributed by atoms with Gasteiger partial charge >= 0.3 is 0 Å². The van der Waals surface area contributed by atoms with Crippen LogP contribution in [-0.2, 0) is 4.79 Å². The zero-order valence-electron chi connectivity index (χ0n) is 12.4. The van der Waals surface area contributed by atoms with Gasteiger partial charge in [0.15, 0.2) is 6.10 Å². The van der Waals surface area contributed by atoms with E-state index in [1.807, 2.05) is 36.0 Å². The second-order valence-corrected chi connectivity index (χ2v) is 7.07. The smallest absolute Gasteiger partial charge is 0.262 e. The molecule has 1 unspecified atom stereocenters. The minimum Gasteiger partial charge on any atom is -0.477 e. The number of fused-ring (bicyclic) bond motifs is 1. The van der Waals surface area contributed by atoms with Crippen LogP contribution in [0, 0.1) is 0 Å². The fraction of sp³-hybridized carbons (Fsp3) is 0.562. The molecule has 1 aromatic rings. The maximum Gasteiger partial charge on any atom is 0.262 e. The van der Waals surface area contributed by atoms with Crippen LogP contribution in [0.25, 0.3) is 0 Å². The topological polar surface area (TPSA) is 50.4 Å². The largest absolute Gasteiger partial charge is 0.477 e. The molecule has 1 fully saturated rings. The van der Waals surface area contributed by atoms with Crippen LogP contribution in [0.15, 0.2) is 24.3 Å². The van der Waals surface area contributed by atoms with Crippen molar-refractivity contribution >= 4 is 23.4 Å². The molecule has 114 valence electrons. The van der Waals surface area contributed by atoms with Gasteiger partial charge in [-0.2, -0.15) is 11.8 Å². The first-order valence-corrected chi connectivity index (χ1v) is 8.77. The van der Waals surface area contributed by atoms with Gasteiger partial charge in [-0.1, -0.05) is 25.0 Å². The summed E-state index contributed by atoms with van der Waals surface area (Å²) in [5, 5.41) is 6.35. The summed E-state index contributed by atoms with van der Waals surface area (Å²) in [5.74, 6) is 0.738. The molecule has 0 radical (unpaired) electrons. The van der Waals surface area contributed by atoms with Crippen LogP contribution < -0.4 is 15.4 Å². The minimum absolute atomic E-state index is 0.0164. The molecule has 1 aliphatic carbocycles. The standard InChI is InChI=1S/C16H22N2O2S/c1-21-16(8-4-5-9-16)11-18-15(19)14-10-17-12-6-2-3-7-13(12)20-14/h2-3,6-7,14,17H,4-5,8-11H2,1H3,(H,18,19). The van der Waals surface area contributed by atoms with Gasteiger partial charge in [-0.05, 0) is 31.2 Å². The fourth-order valence-corrected chi connectivity index (χ4v) is 4.01. The van der Waals surface area contributed by atoms with Crippen LogP contribution in [0.3, 0.4) is 0 Å². The monoisotopic (exact) mass is 306 g/mol. The van der Waals surface area contributed by atoms with Crippen molar-refractivity contribution in [3.8, 4) is 5.75 Å². The van der Waals surface area contributed by atoms with E-state index < -0.39 is 6.10 Å². The van der Waals surface area contributed by atoms with Gasteiger partial charge in [0.25, 0.3) is 5.91 Å². The SMILES string of the molecule is CSC1(CNC(=O)C2CNc3ccccc3O2)CCCC1. The number of para-hydroxylation sites is 2. The van der Waals surface area contributed by atoms with Crippen LogP contribution in [0.2, 0.25) is 0 Å². The molecule has 4 nitrogen and oxygen atoms in total. The summed E-state index contributed by atoms with van der Waals surface area (Å²) in [4.78, 5) is 12.3. The molecule has 1 atom stereocenters. The second kappa shape index (κ2) is 6.18. The number of carbonyl (C=O) groups excluding carboxylic acids is 1. The van der Waals surface area contributed by atoms with Crippen LogP contribution in [0.5, 0.6) is 5.75 Å². The van der Waals surface area contributed by atoms with E-state index in [4.69, 9.17) is 4.74 Å². The quantitative estimate of drug-likeness (QED) is 0.898. The highest BCUT2D eigenvalue weighted by Gasteiger charge is 2.34. The van der Waals surface area contributed by atoms with E-state index in [1.165, 1.54) is 25.7 Å². The van der Waals surface area contributed by atoms with E-state index in [0.29, 0.717) is 6.54 Å². The molecule has 1 aliphatic heterocycles. The molecule has 1 saturated carbocycles. The highest BCUT2D eigenvalue weighted by Crippen LogP contribution is 2.39. The van der Waals surface area contributed by atoms with Gasteiger partial charge in [0.2, 0.25) is 0 Å². The van der Waals surface area contributed by atoms with Crippen molar-refractivity contribution in [2.75, 3.05) is 24.7 Å². The minimum atomic E-state index is -0.444. The number of thioether (sulfide) groups is 1. The van der Waals surface area contributed by atoms with E-state index in [1.54, 1.807) is 0 Å². The number of carbonyl (C=O) groups is 1. The van der Waals surface area contributed by atoms with Crippen molar-refractivity contribution < 1.29 is 9.53 Å². The van der Waals surface area contributed by atoms with Crippen molar-refractivity contribution in [1.29, 1.82) is 0 Å². The highest BCUT2D eigenvalue weighted by atomic mass is 32.2. The first-order valence-electron chi connectivity index (χ1n) is 7.55. The van der Waals surface area contributed by atoms with Gasteiger partial charge < -0.3 is 15.4 Å². The molecule has 0 bridgehead atoms. The molecule has 0 spiro atoms. The fourth-order valence-electron chi connectivity index (χ4n) is 3.09. The summed E-state index contributed by atoms with van der Waals surface area (Å²) in [6.45, 7) is 1.27. The predicted octanol–water partition coefficient (Wildman–Crippen LogP) is 2.65. The van der Waals surface area contributed by atoms with Gasteiger partial charge in [0.05, 0.1) is 12.2 Å². The van der Waals surface area contributed by atoms with Crippen molar-refractivity contribution in [2.45, 2.75) is 36.5 Å². The van der Waals surface area contributed by atoms with Crippen LogP contribution >= 0.6 is 11.8 Å². The lowest BCUT2D eigenvalue weighted by Crippen LogP contribution is -2.48. The lowest BCUT2D eigenvalue weighted by atomic mass is 10.1. The molecule has 1 amide bonds. The van der Waals surface area contributed by atoms with Gasteiger partial charge in [-0.15, -0.1) is 0 Å². The number of ether oxygens (including phenoxy) is 1. The number of rotatable bonds is 4. The van der Waals surface area contributed by atoms with Crippen LogP contribution in [0.1, 0.15) is 25.7 Å². The maximum atomic E-state index is 12.3. The molecule has 2 N–H and O–H groups in total. The van der Waals surface area contributed by atoms with Crippen LogP contribution in [-0.4, -0.2) is 36.1 Å². The average molecular weight is 306 g/mol. The molecule has 5 heteroatoms. The Morgan fingerprint density at radius 1 is 1.43 bits per heavy atom. The molecular formula is C16H22N2O2S. The first kappa shape index (κ1) is 14.6. The number of amides is 1. The molecule has 3 rings (SSSR count). The number of hydrogen-bond acceptors (Lipinski definition) is 4. The molecule has 1 heterocycles. The van der Waals surface area contributed by atoms with Crippen molar-refractivity contribution in [1.82, 2.24) is 5.32 Å². The van der Waals surface area contributed by atoms with E-state index >= 15 is 0 Å². The van der Waals surface area contributed by atoms with Crippen molar-refractivity contribution in [3.05, 3.63) is 24.3 Å². The van der Waals surface area contributed by atoms with E-state index in [9.17, 15) is 4.79 Å². The Morgan fingerprint density at radius 2 is 2.19 bits per heavy atom. The Labute approximate surface area is 130 Å². The lowest BCUT2D eigenvalue weighted by molar-refractivity contribution is -0.127. The third-order valence-corrected chi connectivity index (χ3v) is 5.88. The Bertz CT molecular complexity index is 515. The summed E-state index contributed by atoms with van der Waals surface area (Å²) in [6.07, 6.45) is 6.63. The Balaban J connectivity index is 1.57. The Kier molecular flexibility index (Phi) is 4.29. The van der Waals surface area contributed by atoms with Crippen molar-refractivity contribution in [2.24, 2.45) is 0 Å². The van der Waals surface area contributed by atoms with E-state index in [2.05, 4.69) is 16.9 Å². The Hall–Kier alpha value is -1.36. The number of nitrogens with one attached hydrogen (secondary N) is 2. The summed E-state index contributed by atoms with van der Waals surface area (Å²) >= 11 is 1.89. The van der Waals surface area contributed by atoms with E-state index in [-0.39, 0.29) is 10.7 Å². The summed E-state index contributed by atoms with van der Waals surface area (Å²) in [5.41, 5.74) is 0.956. The number of benzene rings is 1. The molecular weight excluding hydrogens is 284 g/mol. The summed E-state index contributed by atoms with van der Waals surface area (Å²) in [7, 11) is 0. The lowest BCUT2D eigenvalue weighted by Gasteiger charge is -2.30. The maximum absolute atomic E-state index is 12.3. The van der Waals surface area contributed by atoms with Gasteiger partial charge in [0.1, 0.15) is 5.75 Å². The predicted molar refractivity (Wildman–Crippen MR) is 87.1 cm³/mol. The first-order chi connectivity index (χ1) is 10.2. The number of anilines is 1. The zero-order valence-corrected chi connectivity index (χ0v) is 13.2. The average Bonchev–Trinajstić information content (AvgIpc) is 3.01. The normalized spacial score (nSPS) is 22.8. The zero-order chi connectivity index (χ0) is 14.7. The second-order valence-electron chi connectivity index (χ2n) is 5.80. The summed E-state index contributed by atoms with van der Waals surface area (Å²) < 4.78 is 6.03. The number of hydrogen-bond donors (Lipinski definition) is 2. The van der Waals surface area contributed by atoms with E-state index in [0.717, 1.165) is 18.0 Å². The molecule has 1 aromatic carbocycles. The third-order valence-electron chi connectivity index (χ3n) is 4.46. The van der Waals surface area contributed by atoms with Gasteiger partial charge in [-0.25, -0.2) is 0 Å². The highest BCUT2D eigenvalue weighted by molar-refractivity contribution is 8.00. The Morgan fingerprint density at radius 3 is 2.95 bits per heavy atom. The molecule has 21 heavy (non-hydrogen) atoms. The summed E-state index contributed by atoms with van der Waals surface area (Å²) in [6, 6.07) is 7.73. The molecule has 0 saturated heterocycles. The van der Waals surface area contributed by atoms with Crippen LogP contribution in [0.4, 0.5) is 5.69 Å². The van der Waals surface area contributed by atoms with Gasteiger partial charge in [0, 0.05) is 11.3 Å². The molecule has 0 aromatic heterocycles.